The van der Waals surface area contributed by atoms with Gasteiger partial charge in [0.2, 0.25) is 0 Å². The Balaban J connectivity index is 2.05. The third-order valence-electron chi connectivity index (χ3n) is 5.61. The van der Waals surface area contributed by atoms with E-state index >= 15 is 4.39 Å². The molecule has 8 heteroatoms. The Morgan fingerprint density at radius 3 is 2.71 bits per heavy atom. The lowest BCUT2D eigenvalue weighted by atomic mass is 9.89. The molecule has 3 aromatic rings. The number of carbonyl (C=O) groups excluding carboxylic acids is 1. The number of ether oxygens (including phenoxy) is 1. The first-order chi connectivity index (χ1) is 16.4. The maximum Gasteiger partial charge on any atom is 0.270 e. The molecule has 2 aromatic heterocycles. The SMILES string of the molecule is CC(C)NC(=O)c1nc(-c2ccc(C#N)cc2F)c(F)c(C2CCCCO2)c1-c1cccnc1. The van der Waals surface area contributed by atoms with Crippen LogP contribution in [0.15, 0.2) is 42.7 Å². The molecule has 1 amide bonds. The van der Waals surface area contributed by atoms with Gasteiger partial charge in [0.1, 0.15) is 17.2 Å². The van der Waals surface area contributed by atoms with Gasteiger partial charge in [-0.2, -0.15) is 5.26 Å². The number of benzene rings is 1. The van der Waals surface area contributed by atoms with Crippen molar-refractivity contribution in [1.82, 2.24) is 15.3 Å². The van der Waals surface area contributed by atoms with E-state index in [1.165, 1.54) is 18.3 Å². The highest BCUT2D eigenvalue weighted by atomic mass is 19.1. The van der Waals surface area contributed by atoms with E-state index in [1.54, 1.807) is 32.2 Å². The van der Waals surface area contributed by atoms with Gasteiger partial charge >= 0.3 is 0 Å². The summed E-state index contributed by atoms with van der Waals surface area (Å²) in [4.78, 5) is 21.8. The largest absolute Gasteiger partial charge is 0.373 e. The Morgan fingerprint density at radius 2 is 2.09 bits per heavy atom. The predicted molar refractivity (Wildman–Crippen MR) is 123 cm³/mol. The zero-order valence-corrected chi connectivity index (χ0v) is 18.9. The summed E-state index contributed by atoms with van der Waals surface area (Å²) in [6.45, 7) is 4.06. The van der Waals surface area contributed by atoms with Crippen LogP contribution in [0.1, 0.15) is 60.8 Å². The Kier molecular flexibility index (Phi) is 6.94. The highest BCUT2D eigenvalue weighted by Crippen LogP contribution is 2.41. The molecule has 0 aliphatic carbocycles. The quantitative estimate of drug-likeness (QED) is 0.553. The summed E-state index contributed by atoms with van der Waals surface area (Å²) in [7, 11) is 0. The van der Waals surface area contributed by atoms with Crippen molar-refractivity contribution in [3.8, 4) is 28.5 Å². The summed E-state index contributed by atoms with van der Waals surface area (Å²) in [5.41, 5.74) is 0.591. The maximum absolute atomic E-state index is 16.2. The number of nitrogens with one attached hydrogen (secondary N) is 1. The van der Waals surface area contributed by atoms with E-state index in [1.807, 2.05) is 6.07 Å². The first kappa shape index (κ1) is 23.5. The molecule has 1 fully saturated rings. The van der Waals surface area contributed by atoms with E-state index in [2.05, 4.69) is 15.3 Å². The molecule has 1 atom stereocenters. The number of nitriles is 1. The number of carbonyl (C=O) groups is 1. The molecular weight excluding hydrogens is 438 g/mol. The summed E-state index contributed by atoms with van der Waals surface area (Å²) in [6.07, 6.45) is 4.72. The smallest absolute Gasteiger partial charge is 0.270 e. The van der Waals surface area contributed by atoms with Crippen molar-refractivity contribution in [3.05, 3.63) is 71.2 Å². The second-order valence-electron chi connectivity index (χ2n) is 8.44. The number of aromatic nitrogens is 2. The molecule has 3 heterocycles. The van der Waals surface area contributed by atoms with E-state index < -0.39 is 23.6 Å². The molecule has 34 heavy (non-hydrogen) atoms. The van der Waals surface area contributed by atoms with Gasteiger partial charge in [-0.3, -0.25) is 9.78 Å². The number of halogens is 2. The topological polar surface area (TPSA) is 87.9 Å². The monoisotopic (exact) mass is 462 g/mol. The average molecular weight is 463 g/mol. The highest BCUT2D eigenvalue weighted by molar-refractivity contribution is 6.00. The van der Waals surface area contributed by atoms with Crippen LogP contribution in [0.25, 0.3) is 22.4 Å². The first-order valence-electron chi connectivity index (χ1n) is 11.2. The van der Waals surface area contributed by atoms with Crippen molar-refractivity contribution >= 4 is 5.91 Å². The van der Waals surface area contributed by atoms with Crippen molar-refractivity contribution in [2.45, 2.75) is 45.3 Å². The third-order valence-corrected chi connectivity index (χ3v) is 5.61. The lowest BCUT2D eigenvalue weighted by molar-refractivity contribution is 0.0132. The van der Waals surface area contributed by atoms with Crippen LogP contribution in [-0.2, 0) is 4.74 Å². The highest BCUT2D eigenvalue weighted by Gasteiger charge is 2.32. The fourth-order valence-corrected chi connectivity index (χ4v) is 4.11. The zero-order valence-electron chi connectivity index (χ0n) is 18.9. The molecule has 0 radical (unpaired) electrons. The van der Waals surface area contributed by atoms with Gasteiger partial charge in [0.25, 0.3) is 5.91 Å². The number of hydrogen-bond donors (Lipinski definition) is 1. The zero-order chi connectivity index (χ0) is 24.2. The summed E-state index contributed by atoms with van der Waals surface area (Å²) in [6, 6.07) is 8.79. The van der Waals surface area contributed by atoms with Crippen LogP contribution < -0.4 is 5.32 Å². The Hall–Kier alpha value is -3.70. The molecule has 1 N–H and O–H groups in total. The van der Waals surface area contributed by atoms with Crippen LogP contribution in [0.3, 0.4) is 0 Å². The van der Waals surface area contributed by atoms with Crippen LogP contribution in [-0.4, -0.2) is 28.5 Å². The summed E-state index contributed by atoms with van der Waals surface area (Å²) < 4.78 is 37.1. The van der Waals surface area contributed by atoms with Crippen LogP contribution in [0.2, 0.25) is 0 Å². The van der Waals surface area contributed by atoms with E-state index in [0.29, 0.717) is 18.6 Å². The molecule has 0 spiro atoms. The minimum absolute atomic E-state index is 0.0361. The Bertz CT molecular complexity index is 1250. The standard InChI is InChI=1S/C26H24F2N4O2/c1-15(2)31-26(33)25-21(17-6-5-10-30-14-17)22(20-7-3-4-11-34-20)23(28)24(32-25)18-9-8-16(13-29)12-19(18)27/h5-6,8-10,12,14-15,20H,3-4,7,11H2,1-2H3,(H,31,33). The van der Waals surface area contributed by atoms with Crippen molar-refractivity contribution in [1.29, 1.82) is 5.26 Å². The van der Waals surface area contributed by atoms with Crippen molar-refractivity contribution in [2.24, 2.45) is 0 Å². The average Bonchev–Trinajstić information content (AvgIpc) is 2.84. The molecule has 174 valence electrons. The van der Waals surface area contributed by atoms with E-state index in [4.69, 9.17) is 10.00 Å². The van der Waals surface area contributed by atoms with E-state index in [-0.39, 0.29) is 39.7 Å². The number of nitrogens with zero attached hydrogens (tertiary/aromatic N) is 3. The molecular formula is C26H24F2N4O2. The number of pyridine rings is 2. The minimum atomic E-state index is -0.801. The fraction of sp³-hybridized carbons (Fsp3) is 0.308. The predicted octanol–water partition coefficient (Wildman–Crippen LogP) is 5.34. The first-order valence-corrected chi connectivity index (χ1v) is 11.2. The second kappa shape index (κ2) is 10.1. The van der Waals surface area contributed by atoms with E-state index in [0.717, 1.165) is 18.9 Å². The van der Waals surface area contributed by atoms with Gasteiger partial charge in [-0.1, -0.05) is 6.07 Å². The van der Waals surface area contributed by atoms with Crippen LogP contribution >= 0.6 is 0 Å². The molecule has 1 aliphatic heterocycles. The fourth-order valence-electron chi connectivity index (χ4n) is 4.11. The van der Waals surface area contributed by atoms with Gasteiger partial charge in [-0.15, -0.1) is 0 Å². The van der Waals surface area contributed by atoms with Crippen LogP contribution in [0.4, 0.5) is 8.78 Å². The molecule has 4 rings (SSSR count). The number of amides is 1. The molecule has 0 saturated carbocycles. The second-order valence-corrected chi connectivity index (χ2v) is 8.44. The van der Waals surface area contributed by atoms with Gasteiger partial charge in [-0.05, 0) is 57.4 Å². The summed E-state index contributed by atoms with van der Waals surface area (Å²) in [5, 5.41) is 11.9. The Labute approximate surface area is 196 Å². The van der Waals surface area contributed by atoms with E-state index in [9.17, 15) is 9.18 Å². The van der Waals surface area contributed by atoms with Crippen molar-refractivity contribution in [3.63, 3.8) is 0 Å². The molecule has 1 unspecified atom stereocenters. The van der Waals surface area contributed by atoms with Gasteiger partial charge in [0.15, 0.2) is 5.82 Å². The normalized spacial score (nSPS) is 15.7. The van der Waals surface area contributed by atoms with Crippen LogP contribution in [0.5, 0.6) is 0 Å². The number of rotatable bonds is 5. The maximum atomic E-state index is 16.2. The van der Waals surface area contributed by atoms with Gasteiger partial charge < -0.3 is 10.1 Å². The number of hydrogen-bond acceptors (Lipinski definition) is 5. The molecule has 1 saturated heterocycles. The molecule has 1 aromatic carbocycles. The lowest BCUT2D eigenvalue weighted by Crippen LogP contribution is -2.32. The molecule has 1 aliphatic rings. The minimum Gasteiger partial charge on any atom is -0.373 e. The van der Waals surface area contributed by atoms with Crippen molar-refractivity contribution in [2.75, 3.05) is 6.61 Å². The summed E-state index contributed by atoms with van der Waals surface area (Å²) >= 11 is 0. The Morgan fingerprint density at radius 1 is 1.26 bits per heavy atom. The lowest BCUT2D eigenvalue weighted by Gasteiger charge is -2.27. The summed E-state index contributed by atoms with van der Waals surface area (Å²) in [5.74, 6) is -2.07. The molecule has 6 nitrogen and oxygen atoms in total. The van der Waals surface area contributed by atoms with Gasteiger partial charge in [0, 0.05) is 47.3 Å². The molecule has 0 bridgehead atoms. The van der Waals surface area contributed by atoms with Gasteiger partial charge in [0.05, 0.1) is 17.7 Å². The van der Waals surface area contributed by atoms with Gasteiger partial charge in [-0.25, -0.2) is 13.8 Å². The van der Waals surface area contributed by atoms with Crippen molar-refractivity contribution < 1.29 is 18.3 Å². The van der Waals surface area contributed by atoms with Crippen LogP contribution in [0, 0.1) is 23.0 Å². The third kappa shape index (κ3) is 4.66.